The Morgan fingerprint density at radius 1 is 1.14 bits per heavy atom. The summed E-state index contributed by atoms with van der Waals surface area (Å²) in [5, 5.41) is 3.28. The van der Waals surface area contributed by atoms with Gasteiger partial charge in [-0.15, -0.1) is 0 Å². The Kier molecular flexibility index (Phi) is 6.64. The molecule has 0 aliphatic heterocycles. The molecule has 0 bridgehead atoms. The Hall–Kier alpha value is -1.11. The highest BCUT2D eigenvalue weighted by Gasteiger charge is 2.23. The Labute approximate surface area is 129 Å². The molecule has 120 valence electrons. The maximum atomic E-state index is 12.5. The zero-order valence-electron chi connectivity index (χ0n) is 13.6. The molecule has 0 saturated carbocycles. The summed E-state index contributed by atoms with van der Waals surface area (Å²) in [4.78, 5) is 0. The number of nitrogens with one attached hydrogen (secondary N) is 1. The van der Waals surface area contributed by atoms with Crippen LogP contribution >= 0.6 is 0 Å². The molecule has 0 heterocycles. The molecule has 0 aliphatic carbocycles. The second-order valence-corrected chi connectivity index (χ2v) is 7.66. The van der Waals surface area contributed by atoms with Crippen LogP contribution in [0.3, 0.4) is 0 Å². The van der Waals surface area contributed by atoms with Crippen molar-refractivity contribution in [1.82, 2.24) is 9.62 Å². The van der Waals surface area contributed by atoms with Gasteiger partial charge in [-0.25, -0.2) is 0 Å². The van der Waals surface area contributed by atoms with Crippen molar-refractivity contribution in [2.45, 2.75) is 33.2 Å². The summed E-state index contributed by atoms with van der Waals surface area (Å²) in [6.07, 6.45) is 0.787. The highest BCUT2D eigenvalue weighted by Crippen LogP contribution is 2.18. The van der Waals surface area contributed by atoms with Crippen LogP contribution in [0.1, 0.15) is 25.8 Å². The standard InChI is InChI=1S/C15H27N3O2S/c1-13(2)16-11-6-12-17(4)21(19,20)18(5)15-9-7-14(3)8-10-15/h7-10,13,16H,6,11-12H2,1-5H3. The molecule has 0 radical (unpaired) electrons. The monoisotopic (exact) mass is 313 g/mol. The van der Waals surface area contributed by atoms with Crippen LogP contribution in [0.4, 0.5) is 5.69 Å². The van der Waals surface area contributed by atoms with Gasteiger partial charge in [-0.05, 0) is 32.0 Å². The average molecular weight is 313 g/mol. The molecular formula is C15H27N3O2S. The molecule has 5 nitrogen and oxygen atoms in total. The van der Waals surface area contributed by atoms with Gasteiger partial charge < -0.3 is 5.32 Å². The van der Waals surface area contributed by atoms with Crippen molar-refractivity contribution in [1.29, 1.82) is 0 Å². The van der Waals surface area contributed by atoms with Crippen LogP contribution in [-0.4, -0.2) is 45.9 Å². The normalized spacial score (nSPS) is 12.1. The largest absolute Gasteiger partial charge is 0.314 e. The van der Waals surface area contributed by atoms with Crippen molar-refractivity contribution < 1.29 is 8.42 Å². The maximum absolute atomic E-state index is 12.5. The molecule has 0 aliphatic rings. The highest BCUT2D eigenvalue weighted by molar-refractivity contribution is 7.90. The van der Waals surface area contributed by atoms with Crippen LogP contribution in [0.2, 0.25) is 0 Å². The van der Waals surface area contributed by atoms with Gasteiger partial charge in [0, 0.05) is 26.7 Å². The van der Waals surface area contributed by atoms with Gasteiger partial charge in [0.2, 0.25) is 0 Å². The van der Waals surface area contributed by atoms with E-state index in [0.29, 0.717) is 18.3 Å². The van der Waals surface area contributed by atoms with Gasteiger partial charge in [-0.3, -0.25) is 4.31 Å². The van der Waals surface area contributed by atoms with Crippen molar-refractivity contribution in [3.8, 4) is 0 Å². The third-order valence-electron chi connectivity index (χ3n) is 3.34. The minimum atomic E-state index is -3.47. The van der Waals surface area contributed by atoms with E-state index in [4.69, 9.17) is 0 Å². The lowest BCUT2D eigenvalue weighted by Gasteiger charge is -2.26. The molecule has 0 fully saturated rings. The van der Waals surface area contributed by atoms with Gasteiger partial charge in [0.15, 0.2) is 0 Å². The van der Waals surface area contributed by atoms with E-state index in [-0.39, 0.29) is 0 Å². The van der Waals surface area contributed by atoms with Gasteiger partial charge in [-0.2, -0.15) is 12.7 Å². The topological polar surface area (TPSA) is 52.7 Å². The molecule has 1 aromatic carbocycles. The molecule has 1 N–H and O–H groups in total. The highest BCUT2D eigenvalue weighted by atomic mass is 32.2. The van der Waals surface area contributed by atoms with Crippen molar-refractivity contribution in [2.24, 2.45) is 0 Å². The minimum Gasteiger partial charge on any atom is -0.314 e. The first-order valence-electron chi connectivity index (χ1n) is 7.25. The van der Waals surface area contributed by atoms with E-state index < -0.39 is 10.2 Å². The SMILES string of the molecule is Cc1ccc(N(C)S(=O)(=O)N(C)CCCNC(C)C)cc1. The fraction of sp³-hybridized carbons (Fsp3) is 0.600. The summed E-state index contributed by atoms with van der Waals surface area (Å²) in [6, 6.07) is 7.88. The summed E-state index contributed by atoms with van der Waals surface area (Å²) in [7, 11) is -0.260. The van der Waals surface area contributed by atoms with Crippen LogP contribution < -0.4 is 9.62 Å². The van der Waals surface area contributed by atoms with Crippen LogP contribution in [0, 0.1) is 6.92 Å². The second-order valence-electron chi connectivity index (χ2n) is 5.59. The lowest BCUT2D eigenvalue weighted by Crippen LogP contribution is -2.41. The van der Waals surface area contributed by atoms with Gasteiger partial charge in [-0.1, -0.05) is 31.5 Å². The summed E-state index contributed by atoms with van der Waals surface area (Å²) >= 11 is 0. The lowest BCUT2D eigenvalue weighted by molar-refractivity contribution is 0.446. The Morgan fingerprint density at radius 2 is 1.71 bits per heavy atom. The second kappa shape index (κ2) is 7.77. The Balaban J connectivity index is 2.64. The number of hydrogen-bond acceptors (Lipinski definition) is 3. The molecule has 21 heavy (non-hydrogen) atoms. The van der Waals surface area contributed by atoms with E-state index in [1.165, 1.54) is 8.61 Å². The summed E-state index contributed by atoms with van der Waals surface area (Å²) in [5.41, 5.74) is 1.78. The maximum Gasteiger partial charge on any atom is 0.303 e. The third kappa shape index (κ3) is 5.30. The fourth-order valence-electron chi connectivity index (χ4n) is 1.90. The molecule has 0 spiro atoms. The molecule has 0 amide bonds. The first kappa shape index (κ1) is 17.9. The number of nitrogens with zero attached hydrogens (tertiary/aromatic N) is 2. The number of aryl methyl sites for hydroxylation is 1. The number of benzene rings is 1. The van der Waals surface area contributed by atoms with Gasteiger partial charge in [0.25, 0.3) is 0 Å². The van der Waals surface area contributed by atoms with Crippen LogP contribution in [0.15, 0.2) is 24.3 Å². The first-order valence-corrected chi connectivity index (χ1v) is 8.65. The molecule has 6 heteroatoms. The first-order chi connectivity index (χ1) is 9.75. The van der Waals surface area contributed by atoms with Crippen LogP contribution in [-0.2, 0) is 10.2 Å². The van der Waals surface area contributed by atoms with Crippen molar-refractivity contribution in [3.63, 3.8) is 0 Å². The van der Waals surface area contributed by atoms with E-state index in [1.807, 2.05) is 31.2 Å². The predicted molar refractivity (Wildman–Crippen MR) is 88.9 cm³/mol. The molecule has 0 aromatic heterocycles. The molecule has 0 atom stereocenters. The van der Waals surface area contributed by atoms with Crippen molar-refractivity contribution in [2.75, 3.05) is 31.5 Å². The van der Waals surface area contributed by atoms with Gasteiger partial charge in [0.05, 0.1) is 5.69 Å². The van der Waals surface area contributed by atoms with Crippen molar-refractivity contribution >= 4 is 15.9 Å². The van der Waals surface area contributed by atoms with Gasteiger partial charge >= 0.3 is 10.2 Å². The van der Waals surface area contributed by atoms with Crippen LogP contribution in [0.25, 0.3) is 0 Å². The van der Waals surface area contributed by atoms with E-state index in [1.54, 1.807) is 14.1 Å². The average Bonchev–Trinajstić information content (AvgIpc) is 2.43. The smallest absolute Gasteiger partial charge is 0.303 e. The van der Waals surface area contributed by atoms with E-state index >= 15 is 0 Å². The number of anilines is 1. The minimum absolute atomic E-state index is 0.419. The molecule has 0 saturated heterocycles. The molecule has 1 aromatic rings. The van der Waals surface area contributed by atoms with E-state index in [9.17, 15) is 8.42 Å². The summed E-state index contributed by atoms with van der Waals surface area (Å²) in [6.45, 7) is 7.44. The molecule has 0 unspecified atom stereocenters. The third-order valence-corrected chi connectivity index (χ3v) is 5.21. The fourth-order valence-corrected chi connectivity index (χ4v) is 3.07. The van der Waals surface area contributed by atoms with E-state index in [2.05, 4.69) is 19.2 Å². The van der Waals surface area contributed by atoms with Crippen LogP contribution in [0.5, 0.6) is 0 Å². The number of rotatable bonds is 8. The zero-order chi connectivity index (χ0) is 16.0. The van der Waals surface area contributed by atoms with Gasteiger partial charge in [0.1, 0.15) is 0 Å². The number of hydrogen-bond donors (Lipinski definition) is 1. The molecular weight excluding hydrogens is 286 g/mol. The van der Waals surface area contributed by atoms with Crippen molar-refractivity contribution in [3.05, 3.63) is 29.8 Å². The quantitative estimate of drug-likeness (QED) is 0.747. The predicted octanol–water partition coefficient (Wildman–Crippen LogP) is 2.00. The Bertz CT molecular complexity index is 526. The zero-order valence-corrected chi connectivity index (χ0v) is 14.4. The van der Waals surface area contributed by atoms with E-state index in [0.717, 1.165) is 18.5 Å². The molecule has 1 rings (SSSR count). The summed E-state index contributed by atoms with van der Waals surface area (Å²) in [5.74, 6) is 0. The lowest BCUT2D eigenvalue weighted by atomic mass is 10.2. The Morgan fingerprint density at radius 3 is 2.24 bits per heavy atom. The summed E-state index contributed by atoms with van der Waals surface area (Å²) < 4.78 is 27.7.